The van der Waals surface area contributed by atoms with Crippen molar-refractivity contribution in [2.75, 3.05) is 12.4 Å². The Labute approximate surface area is 180 Å². The number of urea groups is 1. The SMILES string of the molecule is CN(Cc1csc(NC(=O)NCc2cccc(F)c2)n1)C(=O)Oc1nn(C)cc1Cl. The molecule has 0 saturated carbocycles. The Bertz CT molecular complexity index is 1060. The van der Waals surface area contributed by atoms with E-state index in [2.05, 4.69) is 20.7 Å². The lowest BCUT2D eigenvalue weighted by atomic mass is 10.2. The van der Waals surface area contributed by atoms with Crippen molar-refractivity contribution in [1.82, 2.24) is 25.0 Å². The van der Waals surface area contributed by atoms with Crippen molar-refractivity contribution in [2.45, 2.75) is 13.1 Å². The lowest BCUT2D eigenvalue weighted by Gasteiger charge is -2.14. The number of anilines is 1. The summed E-state index contributed by atoms with van der Waals surface area (Å²) in [6.45, 7) is 0.332. The van der Waals surface area contributed by atoms with E-state index in [1.165, 1.54) is 46.3 Å². The average molecular weight is 453 g/mol. The maximum absolute atomic E-state index is 13.2. The highest BCUT2D eigenvalue weighted by atomic mass is 35.5. The van der Waals surface area contributed by atoms with Gasteiger partial charge in [-0.1, -0.05) is 23.7 Å². The fourth-order valence-corrected chi connectivity index (χ4v) is 3.30. The summed E-state index contributed by atoms with van der Waals surface area (Å²) >= 11 is 7.13. The Morgan fingerprint density at radius 1 is 1.40 bits per heavy atom. The van der Waals surface area contributed by atoms with Crippen LogP contribution in [-0.4, -0.2) is 38.8 Å². The average Bonchev–Trinajstić information content (AvgIpc) is 3.25. The van der Waals surface area contributed by atoms with E-state index in [4.69, 9.17) is 16.3 Å². The summed E-state index contributed by atoms with van der Waals surface area (Å²) < 4.78 is 19.7. The minimum absolute atomic E-state index is 0.0200. The molecular formula is C18H18ClFN6O3S. The second-order valence-corrected chi connectivity index (χ2v) is 7.53. The van der Waals surface area contributed by atoms with Crippen LogP contribution < -0.4 is 15.4 Å². The number of halogens is 2. The number of aryl methyl sites for hydroxylation is 1. The molecule has 2 aromatic heterocycles. The molecule has 12 heteroatoms. The van der Waals surface area contributed by atoms with Crippen molar-refractivity contribution in [1.29, 1.82) is 0 Å². The standard InChI is InChI=1S/C18H18ClFN6O3S/c1-25(18(28)29-15-14(19)9-26(2)24-15)8-13-10-30-17(22-13)23-16(27)21-7-11-4-3-5-12(20)6-11/h3-6,9-10H,7-8H2,1-2H3,(H2,21,22,23,27). The third-order valence-corrected chi connectivity index (χ3v) is 4.83. The first kappa shape index (κ1) is 21.5. The van der Waals surface area contributed by atoms with Gasteiger partial charge in [0.1, 0.15) is 10.8 Å². The smallest absolute Gasteiger partial charge is 0.388 e. The van der Waals surface area contributed by atoms with Gasteiger partial charge in [-0.2, -0.15) is 0 Å². The third kappa shape index (κ3) is 5.91. The van der Waals surface area contributed by atoms with Gasteiger partial charge in [0, 0.05) is 32.2 Å². The molecule has 1 aromatic carbocycles. The van der Waals surface area contributed by atoms with Gasteiger partial charge < -0.3 is 15.0 Å². The fourth-order valence-electron chi connectivity index (χ4n) is 2.38. The number of hydrogen-bond acceptors (Lipinski definition) is 6. The summed E-state index contributed by atoms with van der Waals surface area (Å²) in [4.78, 5) is 29.7. The van der Waals surface area contributed by atoms with Crippen LogP contribution in [0, 0.1) is 5.82 Å². The molecule has 158 valence electrons. The molecule has 0 spiro atoms. The first-order valence-electron chi connectivity index (χ1n) is 8.66. The van der Waals surface area contributed by atoms with Crippen LogP contribution in [0.25, 0.3) is 0 Å². The van der Waals surface area contributed by atoms with E-state index in [1.807, 2.05) is 0 Å². The van der Waals surface area contributed by atoms with E-state index >= 15 is 0 Å². The summed E-state index contributed by atoms with van der Waals surface area (Å²) in [6.07, 6.45) is 0.868. The van der Waals surface area contributed by atoms with Crippen LogP contribution >= 0.6 is 22.9 Å². The topological polar surface area (TPSA) is 101 Å². The molecule has 0 unspecified atom stereocenters. The lowest BCUT2D eigenvalue weighted by Crippen LogP contribution is -2.30. The highest BCUT2D eigenvalue weighted by Gasteiger charge is 2.17. The van der Waals surface area contributed by atoms with E-state index < -0.39 is 12.1 Å². The van der Waals surface area contributed by atoms with Crippen LogP contribution in [0.4, 0.5) is 19.1 Å². The maximum atomic E-state index is 13.2. The van der Waals surface area contributed by atoms with Gasteiger partial charge in [-0.25, -0.2) is 19.0 Å². The van der Waals surface area contributed by atoms with E-state index in [9.17, 15) is 14.0 Å². The molecule has 0 saturated heterocycles. The summed E-state index contributed by atoms with van der Waals surface area (Å²) in [5.41, 5.74) is 1.20. The highest BCUT2D eigenvalue weighted by Crippen LogP contribution is 2.22. The predicted molar refractivity (Wildman–Crippen MR) is 110 cm³/mol. The molecule has 0 fully saturated rings. The zero-order valence-electron chi connectivity index (χ0n) is 16.1. The zero-order valence-corrected chi connectivity index (χ0v) is 17.6. The minimum Gasteiger partial charge on any atom is -0.388 e. The summed E-state index contributed by atoms with van der Waals surface area (Å²) in [5, 5.41) is 11.5. The van der Waals surface area contributed by atoms with Crippen LogP contribution in [0.3, 0.4) is 0 Å². The molecule has 2 N–H and O–H groups in total. The molecule has 2 heterocycles. The number of thiazole rings is 1. The largest absolute Gasteiger partial charge is 0.416 e. The minimum atomic E-state index is -0.647. The number of hydrogen-bond donors (Lipinski definition) is 2. The Morgan fingerprint density at radius 3 is 2.90 bits per heavy atom. The first-order chi connectivity index (χ1) is 14.3. The molecular weight excluding hydrogens is 435 g/mol. The Kier molecular flexibility index (Phi) is 6.85. The zero-order chi connectivity index (χ0) is 21.7. The number of ether oxygens (including phenoxy) is 1. The number of nitrogens with zero attached hydrogens (tertiary/aromatic N) is 4. The lowest BCUT2D eigenvalue weighted by molar-refractivity contribution is 0.158. The van der Waals surface area contributed by atoms with Gasteiger partial charge in [0.15, 0.2) is 5.13 Å². The molecule has 0 aliphatic carbocycles. The number of benzene rings is 1. The third-order valence-electron chi connectivity index (χ3n) is 3.76. The van der Waals surface area contributed by atoms with Crippen LogP contribution in [-0.2, 0) is 20.1 Å². The van der Waals surface area contributed by atoms with Gasteiger partial charge in [-0.15, -0.1) is 16.4 Å². The molecule has 3 rings (SSSR count). The molecule has 0 bridgehead atoms. The van der Waals surface area contributed by atoms with Gasteiger partial charge >= 0.3 is 12.1 Å². The van der Waals surface area contributed by atoms with Crippen LogP contribution in [0.1, 0.15) is 11.3 Å². The second-order valence-electron chi connectivity index (χ2n) is 6.26. The van der Waals surface area contributed by atoms with Gasteiger partial charge in [-0.05, 0) is 17.7 Å². The van der Waals surface area contributed by atoms with Crippen LogP contribution in [0.15, 0.2) is 35.8 Å². The number of nitrogens with one attached hydrogen (secondary N) is 2. The number of carbonyl (C=O) groups excluding carboxylic acids is 2. The molecule has 30 heavy (non-hydrogen) atoms. The van der Waals surface area contributed by atoms with Gasteiger partial charge in [0.05, 0.1) is 12.2 Å². The fraction of sp³-hybridized carbons (Fsp3) is 0.222. The highest BCUT2D eigenvalue weighted by molar-refractivity contribution is 7.13. The van der Waals surface area contributed by atoms with Crippen molar-refractivity contribution in [3.8, 4) is 5.88 Å². The van der Waals surface area contributed by atoms with Crippen molar-refractivity contribution in [2.24, 2.45) is 7.05 Å². The van der Waals surface area contributed by atoms with Gasteiger partial charge in [0.2, 0.25) is 0 Å². The molecule has 3 amide bonds. The molecule has 3 aromatic rings. The van der Waals surface area contributed by atoms with Crippen molar-refractivity contribution < 1.29 is 18.7 Å². The van der Waals surface area contributed by atoms with Crippen molar-refractivity contribution in [3.63, 3.8) is 0 Å². The number of aromatic nitrogens is 3. The summed E-state index contributed by atoms with van der Waals surface area (Å²) in [6, 6.07) is 5.48. The normalized spacial score (nSPS) is 10.5. The Balaban J connectivity index is 1.48. The van der Waals surface area contributed by atoms with E-state index in [0.29, 0.717) is 16.4 Å². The Hall–Kier alpha value is -3.18. The van der Waals surface area contributed by atoms with Crippen molar-refractivity contribution in [3.05, 3.63) is 57.9 Å². The van der Waals surface area contributed by atoms with Crippen molar-refractivity contribution >= 4 is 40.2 Å². The quantitative estimate of drug-likeness (QED) is 0.594. The number of carbonyl (C=O) groups is 2. The molecule has 9 nitrogen and oxygen atoms in total. The maximum Gasteiger partial charge on any atom is 0.416 e. The number of rotatable bonds is 6. The predicted octanol–water partition coefficient (Wildman–Crippen LogP) is 3.62. The molecule has 0 atom stereocenters. The summed E-state index contributed by atoms with van der Waals surface area (Å²) in [5.74, 6) is -0.348. The monoisotopic (exact) mass is 452 g/mol. The molecule has 0 aliphatic rings. The number of amides is 3. The van der Waals surface area contributed by atoms with E-state index in [0.717, 1.165) is 0 Å². The van der Waals surface area contributed by atoms with E-state index in [1.54, 1.807) is 24.6 Å². The van der Waals surface area contributed by atoms with Crippen LogP contribution in [0.5, 0.6) is 5.88 Å². The van der Waals surface area contributed by atoms with Gasteiger partial charge in [-0.3, -0.25) is 10.00 Å². The van der Waals surface area contributed by atoms with E-state index in [-0.39, 0.29) is 29.8 Å². The second kappa shape index (κ2) is 9.55. The van der Waals surface area contributed by atoms with Crippen LogP contribution in [0.2, 0.25) is 5.02 Å². The summed E-state index contributed by atoms with van der Waals surface area (Å²) in [7, 11) is 3.20. The first-order valence-corrected chi connectivity index (χ1v) is 9.91. The molecule has 0 radical (unpaired) electrons. The molecule has 0 aliphatic heterocycles. The Morgan fingerprint density at radius 2 is 2.20 bits per heavy atom. The van der Waals surface area contributed by atoms with Gasteiger partial charge in [0.25, 0.3) is 5.88 Å².